The molecule has 0 aliphatic carbocycles. The molecule has 3 heterocycles. The monoisotopic (exact) mass is 347 g/mol. The first kappa shape index (κ1) is 17.5. The third-order valence-corrected chi connectivity index (χ3v) is 4.35. The van der Waals surface area contributed by atoms with Crippen molar-refractivity contribution in [3.63, 3.8) is 0 Å². The number of amides is 1. The van der Waals surface area contributed by atoms with E-state index in [1.807, 2.05) is 26.8 Å². The SMILES string of the molecule is CCOC(=O)c1ccc(N2CC3(CN(C(=O)OC(C)(C)C)C3)C2)cn1. The zero-order valence-corrected chi connectivity index (χ0v) is 15.2. The summed E-state index contributed by atoms with van der Waals surface area (Å²) in [6, 6.07) is 3.57. The number of likely N-dealkylation sites (tertiary alicyclic amines) is 1. The lowest BCUT2D eigenvalue weighted by Crippen LogP contribution is -2.73. The molecule has 3 rings (SSSR count). The smallest absolute Gasteiger partial charge is 0.410 e. The number of nitrogens with zero attached hydrogens (tertiary/aromatic N) is 3. The molecule has 7 heteroatoms. The number of carbonyl (C=O) groups is 2. The van der Waals surface area contributed by atoms with Crippen molar-refractivity contribution < 1.29 is 19.1 Å². The Kier molecular flexibility index (Phi) is 4.34. The van der Waals surface area contributed by atoms with Crippen molar-refractivity contribution in [1.29, 1.82) is 0 Å². The van der Waals surface area contributed by atoms with E-state index < -0.39 is 11.6 Å². The van der Waals surface area contributed by atoms with E-state index in [2.05, 4.69) is 9.88 Å². The molecule has 0 N–H and O–H groups in total. The predicted octanol–water partition coefficient (Wildman–Crippen LogP) is 2.32. The molecule has 0 atom stereocenters. The highest BCUT2D eigenvalue weighted by Gasteiger charge is 2.54. The zero-order chi connectivity index (χ0) is 18.2. The average molecular weight is 347 g/mol. The first-order chi connectivity index (χ1) is 11.7. The number of aromatic nitrogens is 1. The molecule has 7 nitrogen and oxygen atoms in total. The molecule has 2 saturated heterocycles. The highest BCUT2D eigenvalue weighted by atomic mass is 16.6. The third-order valence-electron chi connectivity index (χ3n) is 4.35. The van der Waals surface area contributed by atoms with Gasteiger partial charge in [-0.2, -0.15) is 0 Å². The Hall–Kier alpha value is -2.31. The number of pyridine rings is 1. The number of ether oxygens (including phenoxy) is 2. The van der Waals surface area contributed by atoms with Crippen molar-refractivity contribution >= 4 is 17.7 Å². The molecule has 1 aromatic heterocycles. The summed E-state index contributed by atoms with van der Waals surface area (Å²) in [6.45, 7) is 10.9. The number of anilines is 1. The van der Waals surface area contributed by atoms with E-state index in [0.29, 0.717) is 12.3 Å². The number of carbonyl (C=O) groups excluding carboxylic acids is 2. The van der Waals surface area contributed by atoms with Gasteiger partial charge in [0.15, 0.2) is 0 Å². The molecule has 0 radical (unpaired) electrons. The fourth-order valence-electron chi connectivity index (χ4n) is 3.26. The van der Waals surface area contributed by atoms with Crippen molar-refractivity contribution in [1.82, 2.24) is 9.88 Å². The highest BCUT2D eigenvalue weighted by molar-refractivity contribution is 5.87. The normalized spacial score (nSPS) is 18.4. The van der Waals surface area contributed by atoms with Crippen molar-refractivity contribution in [2.45, 2.75) is 33.3 Å². The van der Waals surface area contributed by atoms with Gasteiger partial charge in [-0.3, -0.25) is 0 Å². The van der Waals surface area contributed by atoms with Crippen molar-refractivity contribution in [3.05, 3.63) is 24.0 Å². The Balaban J connectivity index is 1.49. The van der Waals surface area contributed by atoms with Gasteiger partial charge in [-0.1, -0.05) is 0 Å². The Morgan fingerprint density at radius 3 is 2.40 bits per heavy atom. The van der Waals surface area contributed by atoms with Gasteiger partial charge in [0.05, 0.1) is 18.5 Å². The fraction of sp³-hybridized carbons (Fsp3) is 0.611. The first-order valence-corrected chi connectivity index (χ1v) is 8.57. The van der Waals surface area contributed by atoms with E-state index in [-0.39, 0.29) is 11.5 Å². The Morgan fingerprint density at radius 1 is 1.20 bits per heavy atom. The van der Waals surface area contributed by atoms with Gasteiger partial charge in [-0.25, -0.2) is 14.6 Å². The van der Waals surface area contributed by atoms with Crippen LogP contribution in [0.15, 0.2) is 18.3 Å². The van der Waals surface area contributed by atoms with Crippen LogP contribution in [0.25, 0.3) is 0 Å². The Morgan fingerprint density at radius 2 is 1.88 bits per heavy atom. The quantitative estimate of drug-likeness (QED) is 0.782. The minimum atomic E-state index is -0.460. The molecule has 1 amide bonds. The summed E-state index contributed by atoms with van der Waals surface area (Å²) in [5.41, 5.74) is 1.00. The maximum atomic E-state index is 12.0. The summed E-state index contributed by atoms with van der Waals surface area (Å²) in [5, 5.41) is 0. The molecule has 2 fully saturated rings. The molecular formula is C18H25N3O4. The molecular weight excluding hydrogens is 322 g/mol. The Labute approximate surface area is 147 Å². The minimum Gasteiger partial charge on any atom is -0.461 e. The summed E-state index contributed by atoms with van der Waals surface area (Å²) in [5.74, 6) is -0.402. The molecule has 0 unspecified atom stereocenters. The third kappa shape index (κ3) is 3.70. The van der Waals surface area contributed by atoms with Crippen LogP contribution in [0.5, 0.6) is 0 Å². The van der Waals surface area contributed by atoms with E-state index in [0.717, 1.165) is 31.9 Å². The van der Waals surface area contributed by atoms with Crippen LogP contribution in [0, 0.1) is 5.41 Å². The van der Waals surface area contributed by atoms with Gasteiger partial charge in [0, 0.05) is 31.6 Å². The highest BCUT2D eigenvalue weighted by Crippen LogP contribution is 2.42. The van der Waals surface area contributed by atoms with Gasteiger partial charge in [0.2, 0.25) is 0 Å². The van der Waals surface area contributed by atoms with Gasteiger partial charge in [-0.15, -0.1) is 0 Å². The molecule has 0 aromatic carbocycles. The van der Waals surface area contributed by atoms with Gasteiger partial charge < -0.3 is 19.3 Å². The lowest BCUT2D eigenvalue weighted by Gasteiger charge is -2.60. The molecule has 1 aromatic rings. The van der Waals surface area contributed by atoms with Crippen LogP contribution >= 0.6 is 0 Å². The van der Waals surface area contributed by atoms with Crippen LogP contribution in [0.4, 0.5) is 10.5 Å². The van der Waals surface area contributed by atoms with Gasteiger partial charge in [0.1, 0.15) is 11.3 Å². The molecule has 1 spiro atoms. The zero-order valence-electron chi connectivity index (χ0n) is 15.2. The standard InChI is InChI=1S/C18H25N3O4/c1-5-24-15(22)14-7-6-13(8-19-14)20-9-18(10-20)11-21(12-18)16(23)25-17(2,3)4/h6-8H,5,9-12H2,1-4H3. The second kappa shape index (κ2) is 6.20. The van der Waals surface area contributed by atoms with Crippen LogP contribution in [-0.4, -0.2) is 60.3 Å². The second-order valence-electron chi connectivity index (χ2n) is 7.81. The van der Waals surface area contributed by atoms with Crippen LogP contribution in [0.2, 0.25) is 0 Å². The summed E-state index contributed by atoms with van der Waals surface area (Å²) >= 11 is 0. The topological polar surface area (TPSA) is 72.0 Å². The van der Waals surface area contributed by atoms with Gasteiger partial charge >= 0.3 is 12.1 Å². The molecule has 0 bridgehead atoms. The second-order valence-corrected chi connectivity index (χ2v) is 7.81. The lowest BCUT2D eigenvalue weighted by atomic mass is 9.73. The molecule has 0 saturated carbocycles. The van der Waals surface area contributed by atoms with E-state index >= 15 is 0 Å². The molecule has 25 heavy (non-hydrogen) atoms. The number of hydrogen-bond acceptors (Lipinski definition) is 6. The van der Waals surface area contributed by atoms with Crippen molar-refractivity contribution in [3.8, 4) is 0 Å². The van der Waals surface area contributed by atoms with Crippen LogP contribution in [0.1, 0.15) is 38.2 Å². The van der Waals surface area contributed by atoms with Crippen LogP contribution in [0.3, 0.4) is 0 Å². The van der Waals surface area contributed by atoms with Gasteiger partial charge in [-0.05, 0) is 39.8 Å². The first-order valence-electron chi connectivity index (χ1n) is 8.57. The molecule has 2 aliphatic rings. The number of rotatable bonds is 3. The summed E-state index contributed by atoms with van der Waals surface area (Å²) < 4.78 is 10.3. The van der Waals surface area contributed by atoms with Gasteiger partial charge in [0.25, 0.3) is 0 Å². The largest absolute Gasteiger partial charge is 0.461 e. The van der Waals surface area contributed by atoms with E-state index in [4.69, 9.17) is 9.47 Å². The summed E-state index contributed by atoms with van der Waals surface area (Å²) in [6.07, 6.45) is 1.46. The maximum absolute atomic E-state index is 12.0. The van der Waals surface area contributed by atoms with E-state index in [1.54, 1.807) is 24.1 Å². The average Bonchev–Trinajstić information content (AvgIpc) is 2.43. The molecule has 136 valence electrons. The summed E-state index contributed by atoms with van der Waals surface area (Å²) in [4.78, 5) is 31.8. The van der Waals surface area contributed by atoms with Crippen molar-refractivity contribution in [2.24, 2.45) is 5.41 Å². The number of esters is 1. The van der Waals surface area contributed by atoms with E-state index in [9.17, 15) is 9.59 Å². The fourth-order valence-corrected chi connectivity index (χ4v) is 3.26. The predicted molar refractivity (Wildman–Crippen MR) is 92.6 cm³/mol. The maximum Gasteiger partial charge on any atom is 0.410 e. The Bertz CT molecular complexity index is 652. The van der Waals surface area contributed by atoms with Crippen LogP contribution in [-0.2, 0) is 9.47 Å². The minimum absolute atomic E-state index is 0.163. The van der Waals surface area contributed by atoms with Crippen molar-refractivity contribution in [2.75, 3.05) is 37.7 Å². The number of hydrogen-bond donors (Lipinski definition) is 0. The molecule has 2 aliphatic heterocycles. The van der Waals surface area contributed by atoms with Crippen LogP contribution < -0.4 is 4.90 Å². The summed E-state index contributed by atoms with van der Waals surface area (Å²) in [7, 11) is 0. The lowest BCUT2D eigenvalue weighted by molar-refractivity contribution is -0.0453. The van der Waals surface area contributed by atoms with E-state index in [1.165, 1.54) is 0 Å².